The monoisotopic (exact) mass is 350 g/mol. The Kier molecular flexibility index (Phi) is 4.33. The normalized spacial score (nSPS) is 13.2. The third-order valence-electron chi connectivity index (χ3n) is 3.51. The van der Waals surface area contributed by atoms with Crippen LogP contribution in [0.5, 0.6) is 0 Å². The molecule has 0 spiro atoms. The van der Waals surface area contributed by atoms with Crippen molar-refractivity contribution in [1.82, 2.24) is 0 Å². The molecule has 0 aliphatic carbocycles. The Morgan fingerprint density at radius 1 is 0.696 bits per heavy atom. The summed E-state index contributed by atoms with van der Waals surface area (Å²) in [5.74, 6) is 0. The van der Waals surface area contributed by atoms with E-state index in [1.807, 2.05) is 0 Å². The topological polar surface area (TPSA) is 20.2 Å². The van der Waals surface area contributed by atoms with Crippen molar-refractivity contribution in [3.8, 4) is 0 Å². The number of hydrogen-bond donors (Lipinski definition) is 1. The van der Waals surface area contributed by atoms with Crippen LogP contribution in [0.3, 0.4) is 0 Å². The Morgan fingerprint density at radius 3 is 1.30 bits per heavy atom. The highest BCUT2D eigenvalue weighted by molar-refractivity contribution is 6.96. The van der Waals surface area contributed by atoms with Crippen LogP contribution in [0.4, 0.5) is 26.3 Å². The molecule has 0 atom stereocenters. The quantitative estimate of drug-likeness (QED) is 0.650. The summed E-state index contributed by atoms with van der Waals surface area (Å²) in [6, 6.07) is 8.37. The molecule has 0 aromatic heterocycles. The van der Waals surface area contributed by atoms with E-state index in [4.69, 9.17) is 0 Å². The largest absolute Gasteiger partial charge is 0.424 e. The average Bonchev–Trinajstić information content (AvgIpc) is 2.45. The molecule has 0 saturated carbocycles. The second-order valence-electron chi connectivity index (χ2n) is 5.16. The van der Waals surface area contributed by atoms with Crippen molar-refractivity contribution in [2.45, 2.75) is 18.9 Å². The highest BCUT2D eigenvalue weighted by Crippen LogP contribution is 2.31. The van der Waals surface area contributed by atoms with Gasteiger partial charge >= 0.3 is 12.4 Å². The maximum absolute atomic E-state index is 13.1. The zero-order valence-corrected chi connectivity index (χ0v) is 12.8. The van der Waals surface area contributed by atoms with Gasteiger partial charge in [0.25, 0.3) is 8.32 Å². The van der Waals surface area contributed by atoms with E-state index in [1.165, 1.54) is 12.1 Å². The van der Waals surface area contributed by atoms with E-state index in [-0.39, 0.29) is 0 Å². The molecule has 2 aromatic rings. The van der Waals surface area contributed by atoms with Gasteiger partial charge in [0.1, 0.15) is 0 Å². The van der Waals surface area contributed by atoms with Gasteiger partial charge in [-0.2, -0.15) is 26.3 Å². The third-order valence-corrected chi connectivity index (χ3v) is 6.48. The molecule has 0 amide bonds. The molecule has 23 heavy (non-hydrogen) atoms. The van der Waals surface area contributed by atoms with Crippen molar-refractivity contribution in [3.63, 3.8) is 0 Å². The van der Waals surface area contributed by atoms with Crippen LogP contribution < -0.4 is 10.4 Å². The van der Waals surface area contributed by atoms with E-state index >= 15 is 0 Å². The molecule has 2 aromatic carbocycles. The molecule has 124 valence electrons. The first-order valence-electron chi connectivity index (χ1n) is 6.51. The van der Waals surface area contributed by atoms with Crippen molar-refractivity contribution in [2.75, 3.05) is 0 Å². The van der Waals surface area contributed by atoms with Gasteiger partial charge in [0.05, 0.1) is 11.1 Å². The van der Waals surface area contributed by atoms with Gasteiger partial charge in [-0.1, -0.05) is 48.5 Å². The summed E-state index contributed by atoms with van der Waals surface area (Å²) in [7, 11) is -4.20. The molecular formula is C15H12F6OSi. The van der Waals surface area contributed by atoms with Crippen LogP contribution in [0.25, 0.3) is 0 Å². The molecule has 0 heterocycles. The lowest BCUT2D eigenvalue weighted by Gasteiger charge is -2.27. The molecule has 0 aliphatic heterocycles. The first-order chi connectivity index (χ1) is 10.5. The zero-order valence-electron chi connectivity index (χ0n) is 11.8. The lowest BCUT2D eigenvalue weighted by Crippen LogP contribution is -2.59. The molecule has 0 aliphatic rings. The molecular weight excluding hydrogens is 338 g/mol. The molecule has 1 N–H and O–H groups in total. The van der Waals surface area contributed by atoms with Gasteiger partial charge in [0.15, 0.2) is 0 Å². The van der Waals surface area contributed by atoms with Gasteiger partial charge in [0.2, 0.25) is 0 Å². The predicted molar refractivity (Wildman–Crippen MR) is 76.0 cm³/mol. The SMILES string of the molecule is C[Si](O)(c1ccccc1C(F)(F)F)c1ccccc1C(F)(F)F. The molecule has 0 radical (unpaired) electrons. The molecule has 2 rings (SSSR count). The number of benzene rings is 2. The minimum Gasteiger partial charge on any atom is -0.424 e. The molecule has 0 fully saturated rings. The van der Waals surface area contributed by atoms with Gasteiger partial charge in [-0.15, -0.1) is 0 Å². The van der Waals surface area contributed by atoms with Crippen molar-refractivity contribution in [2.24, 2.45) is 0 Å². The number of rotatable bonds is 2. The molecule has 1 nitrogen and oxygen atoms in total. The Hall–Kier alpha value is -1.80. The molecule has 0 unspecified atom stereocenters. The second-order valence-corrected chi connectivity index (χ2v) is 8.38. The summed E-state index contributed by atoms with van der Waals surface area (Å²) in [5.41, 5.74) is -2.23. The van der Waals surface area contributed by atoms with Crippen LogP contribution in [-0.4, -0.2) is 13.1 Å². The third kappa shape index (κ3) is 3.42. The van der Waals surface area contributed by atoms with Crippen LogP contribution in [0.1, 0.15) is 11.1 Å². The lowest BCUT2D eigenvalue weighted by atomic mass is 10.2. The maximum Gasteiger partial charge on any atom is 0.416 e. The fraction of sp³-hybridized carbons (Fsp3) is 0.200. The van der Waals surface area contributed by atoms with E-state index in [0.29, 0.717) is 0 Å². The standard InChI is InChI=1S/C15H12F6OSi/c1-23(22,12-8-4-2-6-10(12)14(16,17)18)13-9-5-3-7-11(13)15(19,20)21/h2-9,22H,1H3. The van der Waals surface area contributed by atoms with E-state index in [1.54, 1.807) is 0 Å². The van der Waals surface area contributed by atoms with E-state index in [0.717, 1.165) is 42.9 Å². The minimum absolute atomic E-state index is 0.496. The van der Waals surface area contributed by atoms with E-state index < -0.39 is 42.2 Å². The van der Waals surface area contributed by atoms with Gasteiger partial charge in [-0.3, -0.25) is 0 Å². The first kappa shape index (κ1) is 17.5. The number of halogens is 6. The summed E-state index contributed by atoms with van der Waals surface area (Å²) in [4.78, 5) is 10.7. The van der Waals surface area contributed by atoms with Crippen molar-refractivity contribution in [1.29, 1.82) is 0 Å². The number of alkyl halides is 6. The van der Waals surface area contributed by atoms with Crippen molar-refractivity contribution >= 4 is 18.7 Å². The summed E-state index contributed by atoms with van der Waals surface area (Å²) in [6.45, 7) is 1.06. The van der Waals surface area contributed by atoms with Crippen LogP contribution in [0, 0.1) is 0 Å². The van der Waals surface area contributed by atoms with Crippen molar-refractivity contribution in [3.05, 3.63) is 59.7 Å². The van der Waals surface area contributed by atoms with E-state index in [9.17, 15) is 31.1 Å². The fourth-order valence-corrected chi connectivity index (χ4v) is 5.09. The van der Waals surface area contributed by atoms with E-state index in [2.05, 4.69) is 0 Å². The summed E-state index contributed by atoms with van der Waals surface area (Å²) < 4.78 is 78.7. The Bertz CT molecular complexity index is 646. The van der Waals surface area contributed by atoms with Crippen molar-refractivity contribution < 1.29 is 31.1 Å². The van der Waals surface area contributed by atoms with Crippen LogP contribution in [0.15, 0.2) is 48.5 Å². The highest BCUT2D eigenvalue weighted by Gasteiger charge is 2.45. The lowest BCUT2D eigenvalue weighted by molar-refractivity contribution is -0.137. The van der Waals surface area contributed by atoms with Crippen LogP contribution in [-0.2, 0) is 12.4 Å². The Balaban J connectivity index is 2.71. The Morgan fingerprint density at radius 2 is 1.00 bits per heavy atom. The van der Waals surface area contributed by atoms with Crippen LogP contribution in [0.2, 0.25) is 6.55 Å². The average molecular weight is 350 g/mol. The molecule has 0 bridgehead atoms. The molecule has 0 saturated heterocycles. The smallest absolute Gasteiger partial charge is 0.416 e. The van der Waals surface area contributed by atoms with Crippen LogP contribution >= 0.6 is 0 Å². The van der Waals surface area contributed by atoms with Gasteiger partial charge in [0, 0.05) is 0 Å². The summed E-state index contributed by atoms with van der Waals surface area (Å²) >= 11 is 0. The highest BCUT2D eigenvalue weighted by atomic mass is 28.4. The predicted octanol–water partition coefficient (Wildman–Crippen LogP) is 3.41. The summed E-state index contributed by atoms with van der Waals surface area (Å²) in [6.07, 6.45) is -9.53. The fourth-order valence-electron chi connectivity index (χ4n) is 2.45. The Labute approximate surface area is 129 Å². The zero-order chi connectivity index (χ0) is 17.5. The van der Waals surface area contributed by atoms with Gasteiger partial charge in [-0.05, 0) is 16.9 Å². The maximum atomic E-state index is 13.1. The molecule has 8 heteroatoms. The number of hydrogen-bond acceptors (Lipinski definition) is 1. The second kappa shape index (κ2) is 5.68. The summed E-state index contributed by atoms with van der Waals surface area (Å²) in [5, 5.41) is -0.992. The first-order valence-corrected chi connectivity index (χ1v) is 8.96. The van der Waals surface area contributed by atoms with Gasteiger partial charge in [-0.25, -0.2) is 0 Å². The minimum atomic E-state index is -4.76. The van der Waals surface area contributed by atoms with Gasteiger partial charge < -0.3 is 4.80 Å².